The molecule has 0 spiro atoms. The predicted molar refractivity (Wildman–Crippen MR) is 46.9 cm³/mol. The summed E-state index contributed by atoms with van der Waals surface area (Å²) in [5.74, 6) is -1.27. The van der Waals surface area contributed by atoms with Gasteiger partial charge in [-0.05, 0) is 12.5 Å². The van der Waals surface area contributed by atoms with Crippen LogP contribution >= 0.6 is 0 Å². The van der Waals surface area contributed by atoms with Crippen molar-refractivity contribution in [3.05, 3.63) is 35.8 Å². The lowest BCUT2D eigenvalue weighted by Gasteiger charge is -2.06. The van der Waals surface area contributed by atoms with E-state index in [-0.39, 0.29) is 6.61 Å². The van der Waals surface area contributed by atoms with Crippen molar-refractivity contribution in [2.45, 2.75) is 13.1 Å². The van der Waals surface area contributed by atoms with E-state index in [1.807, 2.05) is 0 Å². The molecule has 0 amide bonds. The summed E-state index contributed by atoms with van der Waals surface area (Å²) in [6.45, 7) is 1.42. The monoisotopic (exact) mass is 187 g/mol. The lowest BCUT2D eigenvalue weighted by atomic mass is 10.1. The highest BCUT2D eigenvalue weighted by atomic mass is 19.1. The van der Waals surface area contributed by atoms with Crippen molar-refractivity contribution < 1.29 is 20.8 Å². The Kier molecular flexibility index (Phi) is 1.68. The van der Waals surface area contributed by atoms with Crippen molar-refractivity contribution in [3.8, 4) is 0 Å². The van der Waals surface area contributed by atoms with Crippen LogP contribution in [0.3, 0.4) is 0 Å². The third-order valence-electron chi connectivity index (χ3n) is 1.27. The summed E-state index contributed by atoms with van der Waals surface area (Å²) in [6.07, 6.45) is -2.39. The summed E-state index contributed by atoms with van der Waals surface area (Å²) < 4.78 is 55.2. The van der Waals surface area contributed by atoms with Crippen LogP contribution in [0.5, 0.6) is 0 Å². The minimum absolute atomic E-state index is 0.0576. The number of ether oxygens (including phenoxy) is 1. The summed E-state index contributed by atoms with van der Waals surface area (Å²) in [7, 11) is 0. The Morgan fingerprint density at radius 1 is 1.62 bits per heavy atom. The summed E-state index contributed by atoms with van der Waals surface area (Å²) in [4.78, 5) is 11.2. The Balaban J connectivity index is 3.37. The quantitative estimate of drug-likeness (QED) is 0.678. The number of esters is 1. The van der Waals surface area contributed by atoms with Crippen LogP contribution in [0.1, 0.15) is 25.5 Å². The largest absolute Gasteiger partial charge is 0.464 e. The van der Waals surface area contributed by atoms with Crippen LogP contribution in [0.4, 0.5) is 4.39 Å². The molecule has 0 aliphatic carbocycles. The van der Waals surface area contributed by atoms with E-state index in [1.165, 1.54) is 6.92 Å². The Hall–Kier alpha value is -1.38. The van der Waals surface area contributed by atoms with E-state index in [0.717, 1.165) is 0 Å². The highest BCUT2D eigenvalue weighted by molar-refractivity contribution is 5.76. The zero-order valence-corrected chi connectivity index (χ0v) is 6.98. The smallest absolute Gasteiger partial charge is 0.345 e. The fourth-order valence-electron chi connectivity index (χ4n) is 0.720. The van der Waals surface area contributed by atoms with Gasteiger partial charge in [0.25, 0.3) is 0 Å². The number of rotatable bonds is 3. The van der Waals surface area contributed by atoms with Gasteiger partial charge in [0.05, 0.1) is 13.5 Å². The van der Waals surface area contributed by atoms with Crippen molar-refractivity contribution in [3.63, 3.8) is 0 Å². The summed E-state index contributed by atoms with van der Waals surface area (Å²) in [5, 5.41) is 0. The molecular weight excluding hydrogens is 171 g/mol. The maximum absolute atomic E-state index is 13.8. The molecule has 0 radical (unpaired) electrons. The lowest BCUT2D eigenvalue weighted by molar-refractivity contribution is -0.149. The normalized spacial score (nSPS) is 17.5. The number of hydrogen-bond donors (Lipinski definition) is 0. The van der Waals surface area contributed by atoms with E-state index in [0.29, 0.717) is 0 Å². The molecular formula is C10H11FO2. The van der Waals surface area contributed by atoms with Gasteiger partial charge in [0.1, 0.15) is 0 Å². The van der Waals surface area contributed by atoms with Gasteiger partial charge < -0.3 is 4.74 Å². The van der Waals surface area contributed by atoms with Crippen LogP contribution in [0.2, 0.25) is 0 Å². The maximum Gasteiger partial charge on any atom is 0.345 e. The summed E-state index contributed by atoms with van der Waals surface area (Å²) in [6, 6.07) is -3.47. The number of benzene rings is 1. The van der Waals surface area contributed by atoms with Crippen LogP contribution < -0.4 is 0 Å². The fourth-order valence-corrected chi connectivity index (χ4v) is 0.720. The van der Waals surface area contributed by atoms with E-state index in [9.17, 15) is 9.18 Å². The number of halogens is 1. The molecule has 0 N–H and O–H groups in total. The van der Waals surface area contributed by atoms with Crippen LogP contribution in [0.15, 0.2) is 30.2 Å². The van der Waals surface area contributed by atoms with Crippen molar-refractivity contribution >= 4 is 5.97 Å². The van der Waals surface area contributed by atoms with Crippen LogP contribution in [-0.2, 0) is 9.53 Å². The zero-order chi connectivity index (χ0) is 14.0. The number of carbonyl (C=O) groups is 1. The highest BCUT2D eigenvalue weighted by Crippen LogP contribution is 2.17. The average Bonchev–Trinajstić information content (AvgIpc) is 2.34. The molecule has 0 saturated heterocycles. The van der Waals surface area contributed by atoms with Crippen LogP contribution in [-0.4, -0.2) is 12.6 Å². The Labute approximate surface area is 83.4 Å². The molecule has 1 aromatic carbocycles. The molecule has 0 saturated carbocycles. The molecule has 70 valence electrons. The maximum atomic E-state index is 13.8. The van der Waals surface area contributed by atoms with Crippen molar-refractivity contribution in [2.75, 3.05) is 6.61 Å². The van der Waals surface area contributed by atoms with Crippen LogP contribution in [0.25, 0.3) is 0 Å². The Bertz CT molecular complexity index is 463. The molecule has 1 aromatic rings. The molecule has 0 aromatic heterocycles. The van der Waals surface area contributed by atoms with Crippen LogP contribution in [0, 0.1) is 0 Å². The third-order valence-corrected chi connectivity index (χ3v) is 1.27. The first-order valence-electron chi connectivity index (χ1n) is 6.20. The molecule has 1 unspecified atom stereocenters. The molecule has 0 fully saturated rings. The van der Waals surface area contributed by atoms with Crippen molar-refractivity contribution in [2.24, 2.45) is 0 Å². The van der Waals surface area contributed by atoms with Gasteiger partial charge in [-0.25, -0.2) is 9.18 Å². The number of carbonyl (C=O) groups excluding carboxylic acids is 1. The molecule has 13 heavy (non-hydrogen) atoms. The SMILES string of the molecule is [2H]c1c([2H])c([2H])c(C(F)C(=O)OCC)c([2H])c1[2H]. The van der Waals surface area contributed by atoms with Gasteiger partial charge in [0, 0.05) is 0 Å². The van der Waals surface area contributed by atoms with E-state index >= 15 is 0 Å². The van der Waals surface area contributed by atoms with Gasteiger partial charge in [-0.2, -0.15) is 0 Å². The van der Waals surface area contributed by atoms with E-state index < -0.39 is 47.9 Å². The molecule has 3 heteroatoms. The van der Waals surface area contributed by atoms with Gasteiger partial charge in [0.15, 0.2) is 0 Å². The summed E-state index contributed by atoms with van der Waals surface area (Å²) >= 11 is 0. The van der Waals surface area contributed by atoms with Gasteiger partial charge in [0.2, 0.25) is 6.17 Å². The second-order valence-corrected chi connectivity index (χ2v) is 2.15. The molecule has 0 heterocycles. The van der Waals surface area contributed by atoms with E-state index in [2.05, 4.69) is 4.74 Å². The Morgan fingerprint density at radius 2 is 2.23 bits per heavy atom. The molecule has 0 aliphatic rings. The minimum Gasteiger partial charge on any atom is -0.464 e. The Morgan fingerprint density at radius 3 is 2.77 bits per heavy atom. The first kappa shape index (κ1) is 4.74. The predicted octanol–water partition coefficient (Wildman–Crippen LogP) is 2.26. The molecule has 1 atom stereocenters. The molecule has 2 nitrogen and oxygen atoms in total. The molecule has 0 bridgehead atoms. The van der Waals surface area contributed by atoms with Gasteiger partial charge in [-0.3, -0.25) is 0 Å². The van der Waals surface area contributed by atoms with E-state index in [1.54, 1.807) is 0 Å². The van der Waals surface area contributed by atoms with Crippen molar-refractivity contribution in [1.29, 1.82) is 0 Å². The fraction of sp³-hybridized carbons (Fsp3) is 0.300. The van der Waals surface area contributed by atoms with Gasteiger partial charge >= 0.3 is 5.97 Å². The zero-order valence-electron chi connectivity index (χ0n) is 12.0. The molecule has 0 aliphatic heterocycles. The van der Waals surface area contributed by atoms with Gasteiger partial charge in [-0.15, -0.1) is 0 Å². The highest BCUT2D eigenvalue weighted by Gasteiger charge is 2.19. The second kappa shape index (κ2) is 4.60. The molecule has 1 rings (SSSR count). The topological polar surface area (TPSA) is 26.3 Å². The second-order valence-electron chi connectivity index (χ2n) is 2.15. The number of alkyl halides is 1. The third kappa shape index (κ3) is 2.54. The lowest BCUT2D eigenvalue weighted by Crippen LogP contribution is -2.11. The average molecular weight is 187 g/mol. The summed E-state index contributed by atoms with van der Waals surface area (Å²) in [5.41, 5.74) is -0.695. The van der Waals surface area contributed by atoms with Crippen molar-refractivity contribution in [1.82, 2.24) is 0 Å². The first-order valence-corrected chi connectivity index (χ1v) is 3.70. The number of hydrogen-bond acceptors (Lipinski definition) is 2. The van der Waals surface area contributed by atoms with E-state index in [4.69, 9.17) is 6.85 Å². The standard InChI is InChI=1S/C10H11FO2/c1-2-13-10(12)9(11)8-6-4-3-5-7-8/h3-7,9H,2H2,1H3/i3D,4D,5D,6D,7D. The van der Waals surface area contributed by atoms with Gasteiger partial charge in [-0.1, -0.05) is 30.2 Å². The minimum atomic E-state index is -2.39. The first-order chi connectivity index (χ1) is 8.32.